The zero-order chi connectivity index (χ0) is 17.0. The molecule has 2 heterocycles. The van der Waals surface area contributed by atoms with Gasteiger partial charge in [0.05, 0.1) is 19.3 Å². The minimum Gasteiger partial charge on any atom is -0.480 e. The molecule has 2 rings (SSSR count). The molecule has 0 aliphatic carbocycles. The van der Waals surface area contributed by atoms with E-state index in [2.05, 4.69) is 37.8 Å². The van der Waals surface area contributed by atoms with Crippen molar-refractivity contribution in [3.05, 3.63) is 21.9 Å². The summed E-state index contributed by atoms with van der Waals surface area (Å²) in [5.41, 5.74) is 0.204. The lowest BCUT2D eigenvalue weighted by molar-refractivity contribution is -0.138. The second-order valence-corrected chi connectivity index (χ2v) is 8.50. The summed E-state index contributed by atoms with van der Waals surface area (Å²) in [7, 11) is 1.82. The second kappa shape index (κ2) is 7.75. The molecule has 0 aromatic carbocycles. The molecule has 0 amide bonds. The number of rotatable bonds is 6. The summed E-state index contributed by atoms with van der Waals surface area (Å²) in [6.07, 6.45) is 0.0788. The molecule has 1 atom stereocenters. The number of carboxylic acids is 1. The maximum atomic E-state index is 10.7. The number of carboxylic acid groups (broad SMARTS) is 1. The molecule has 1 aliphatic heterocycles. The first-order valence-corrected chi connectivity index (χ1v) is 8.89. The Hall–Kier alpha value is -0.950. The van der Waals surface area contributed by atoms with Gasteiger partial charge in [0.25, 0.3) is 0 Å². The van der Waals surface area contributed by atoms with Crippen molar-refractivity contribution >= 4 is 17.3 Å². The Morgan fingerprint density at radius 2 is 2.22 bits per heavy atom. The van der Waals surface area contributed by atoms with E-state index in [1.54, 1.807) is 4.90 Å². The zero-order valence-electron chi connectivity index (χ0n) is 14.5. The van der Waals surface area contributed by atoms with E-state index in [0.717, 1.165) is 19.6 Å². The quantitative estimate of drug-likeness (QED) is 0.861. The Labute approximate surface area is 142 Å². The van der Waals surface area contributed by atoms with Crippen LogP contribution in [-0.4, -0.2) is 66.8 Å². The molecule has 6 heteroatoms. The Kier molecular flexibility index (Phi) is 6.19. The fraction of sp³-hybridized carbons (Fsp3) is 0.706. The molecule has 1 fully saturated rings. The highest BCUT2D eigenvalue weighted by molar-refractivity contribution is 7.12. The zero-order valence-corrected chi connectivity index (χ0v) is 15.4. The molecule has 0 spiro atoms. The first-order chi connectivity index (χ1) is 10.7. The molecular weight excluding hydrogens is 312 g/mol. The van der Waals surface area contributed by atoms with Crippen molar-refractivity contribution in [1.82, 2.24) is 9.80 Å². The van der Waals surface area contributed by atoms with E-state index < -0.39 is 5.97 Å². The second-order valence-electron chi connectivity index (χ2n) is 7.33. The monoisotopic (exact) mass is 340 g/mol. The summed E-state index contributed by atoms with van der Waals surface area (Å²) in [5, 5.41) is 8.84. The number of hydrogen-bond donors (Lipinski definition) is 1. The number of carbonyl (C=O) groups is 1. The third-order valence-corrected chi connectivity index (χ3v) is 5.42. The van der Waals surface area contributed by atoms with Crippen LogP contribution in [0.25, 0.3) is 0 Å². The van der Waals surface area contributed by atoms with Gasteiger partial charge < -0.3 is 9.84 Å². The van der Waals surface area contributed by atoms with Gasteiger partial charge >= 0.3 is 5.97 Å². The number of nitrogens with zero attached hydrogens (tertiary/aromatic N) is 2. The van der Waals surface area contributed by atoms with Gasteiger partial charge in [-0.05, 0) is 24.6 Å². The number of likely N-dealkylation sites (N-methyl/N-ethyl adjacent to an activating group) is 1. The van der Waals surface area contributed by atoms with Gasteiger partial charge in [-0.3, -0.25) is 14.6 Å². The SMILES string of the molecule is CN(CC(=O)O)CC1CN(Cc2ccc(C(C)(C)C)s2)CCO1. The smallest absolute Gasteiger partial charge is 0.317 e. The van der Waals surface area contributed by atoms with Crippen molar-refractivity contribution in [2.45, 2.75) is 38.8 Å². The van der Waals surface area contributed by atoms with Crippen LogP contribution in [0.5, 0.6) is 0 Å². The molecule has 1 aromatic rings. The van der Waals surface area contributed by atoms with Crippen molar-refractivity contribution < 1.29 is 14.6 Å². The molecule has 0 saturated carbocycles. The summed E-state index contributed by atoms with van der Waals surface area (Å²) in [4.78, 5) is 17.8. The van der Waals surface area contributed by atoms with Gasteiger partial charge in [0.15, 0.2) is 0 Å². The highest BCUT2D eigenvalue weighted by atomic mass is 32.1. The van der Waals surface area contributed by atoms with E-state index in [1.807, 2.05) is 18.4 Å². The predicted octanol–water partition coefficient (Wildman–Crippen LogP) is 2.26. The minimum atomic E-state index is -0.798. The molecular formula is C17H28N2O3S. The number of hydrogen-bond acceptors (Lipinski definition) is 5. The van der Waals surface area contributed by atoms with Gasteiger partial charge in [-0.25, -0.2) is 0 Å². The standard InChI is InChI=1S/C17H28N2O3S/c1-17(2,3)15-6-5-14(23-15)11-19-7-8-22-13(10-19)9-18(4)12-16(20)21/h5-6,13H,7-12H2,1-4H3,(H,20,21). The summed E-state index contributed by atoms with van der Waals surface area (Å²) in [6.45, 7) is 10.9. The average molecular weight is 340 g/mol. The van der Waals surface area contributed by atoms with Crippen molar-refractivity contribution in [1.29, 1.82) is 0 Å². The van der Waals surface area contributed by atoms with Crippen molar-refractivity contribution in [2.75, 3.05) is 39.8 Å². The normalized spacial score (nSPS) is 20.1. The molecule has 0 bridgehead atoms. The van der Waals surface area contributed by atoms with Gasteiger partial charge in [-0.15, -0.1) is 11.3 Å². The fourth-order valence-corrected chi connectivity index (χ4v) is 3.87. The van der Waals surface area contributed by atoms with Gasteiger partial charge in [0.2, 0.25) is 0 Å². The molecule has 5 nitrogen and oxygen atoms in total. The molecule has 1 unspecified atom stereocenters. The summed E-state index contributed by atoms with van der Waals surface area (Å²) in [5.74, 6) is -0.798. The van der Waals surface area contributed by atoms with Crippen LogP contribution >= 0.6 is 11.3 Å². The van der Waals surface area contributed by atoms with Crippen LogP contribution in [0.15, 0.2) is 12.1 Å². The third-order valence-electron chi connectivity index (χ3n) is 3.92. The molecule has 0 radical (unpaired) electrons. The van der Waals surface area contributed by atoms with Gasteiger partial charge in [0.1, 0.15) is 0 Å². The van der Waals surface area contributed by atoms with Gasteiger partial charge in [-0.2, -0.15) is 0 Å². The minimum absolute atomic E-state index is 0.0553. The van der Waals surface area contributed by atoms with Crippen LogP contribution < -0.4 is 0 Å². The lowest BCUT2D eigenvalue weighted by Crippen LogP contribution is -2.47. The molecule has 1 saturated heterocycles. The molecule has 1 aliphatic rings. The van der Waals surface area contributed by atoms with E-state index in [1.165, 1.54) is 9.75 Å². The highest BCUT2D eigenvalue weighted by Gasteiger charge is 2.23. The number of thiophene rings is 1. The predicted molar refractivity (Wildman–Crippen MR) is 93.2 cm³/mol. The van der Waals surface area contributed by atoms with Crippen LogP contribution in [0.4, 0.5) is 0 Å². The Morgan fingerprint density at radius 3 is 2.83 bits per heavy atom. The first-order valence-electron chi connectivity index (χ1n) is 8.07. The van der Waals surface area contributed by atoms with E-state index >= 15 is 0 Å². The Morgan fingerprint density at radius 1 is 1.48 bits per heavy atom. The lowest BCUT2D eigenvalue weighted by Gasteiger charge is -2.34. The highest BCUT2D eigenvalue weighted by Crippen LogP contribution is 2.30. The Bertz CT molecular complexity index is 524. The summed E-state index contributed by atoms with van der Waals surface area (Å²) >= 11 is 1.89. The maximum Gasteiger partial charge on any atom is 0.317 e. The summed E-state index contributed by atoms with van der Waals surface area (Å²) < 4.78 is 5.78. The van der Waals surface area contributed by atoms with E-state index in [-0.39, 0.29) is 18.1 Å². The Balaban J connectivity index is 1.86. The van der Waals surface area contributed by atoms with E-state index in [9.17, 15) is 4.79 Å². The van der Waals surface area contributed by atoms with Crippen LogP contribution in [0.1, 0.15) is 30.5 Å². The van der Waals surface area contributed by atoms with E-state index in [0.29, 0.717) is 13.2 Å². The van der Waals surface area contributed by atoms with Gasteiger partial charge in [-0.1, -0.05) is 20.8 Å². The topological polar surface area (TPSA) is 53.0 Å². The van der Waals surface area contributed by atoms with Crippen LogP contribution in [0.3, 0.4) is 0 Å². The fourth-order valence-electron chi connectivity index (χ4n) is 2.76. The molecule has 130 valence electrons. The number of morpholine rings is 1. The van der Waals surface area contributed by atoms with Crippen molar-refractivity contribution in [3.8, 4) is 0 Å². The van der Waals surface area contributed by atoms with Crippen LogP contribution in [0.2, 0.25) is 0 Å². The third kappa shape index (κ3) is 5.88. The van der Waals surface area contributed by atoms with E-state index in [4.69, 9.17) is 9.84 Å². The van der Waals surface area contributed by atoms with Gasteiger partial charge in [0, 0.05) is 35.9 Å². The molecule has 23 heavy (non-hydrogen) atoms. The largest absolute Gasteiger partial charge is 0.480 e. The van der Waals surface area contributed by atoms with Crippen LogP contribution in [0, 0.1) is 0 Å². The molecule has 1 N–H and O–H groups in total. The number of ether oxygens (including phenoxy) is 1. The maximum absolute atomic E-state index is 10.7. The van der Waals surface area contributed by atoms with Crippen molar-refractivity contribution in [2.24, 2.45) is 0 Å². The average Bonchev–Trinajstić information content (AvgIpc) is 2.86. The van der Waals surface area contributed by atoms with Crippen molar-refractivity contribution in [3.63, 3.8) is 0 Å². The lowest BCUT2D eigenvalue weighted by atomic mass is 9.95. The van der Waals surface area contributed by atoms with Crippen LogP contribution in [-0.2, 0) is 21.5 Å². The number of aliphatic carboxylic acids is 1. The molecule has 1 aromatic heterocycles. The first kappa shape index (κ1) is 18.4. The summed E-state index contributed by atoms with van der Waals surface area (Å²) in [6, 6.07) is 4.46.